The number of hydrogen-bond acceptors (Lipinski definition) is 1. The Bertz CT molecular complexity index is 214. The summed E-state index contributed by atoms with van der Waals surface area (Å²) in [7, 11) is -1.38. The molecule has 72 valence electrons. The van der Waals surface area contributed by atoms with Crippen molar-refractivity contribution in [2.75, 3.05) is 6.61 Å². The van der Waals surface area contributed by atoms with Crippen LogP contribution in [0, 0.1) is 30.6 Å². The van der Waals surface area contributed by atoms with Crippen molar-refractivity contribution in [3.05, 3.63) is 0 Å². The smallest absolute Gasteiger partial charge is 0.183 e. The van der Waals surface area contributed by atoms with Crippen molar-refractivity contribution in [2.24, 2.45) is 5.92 Å². The second kappa shape index (κ2) is 5.86. The molecule has 13 heavy (non-hydrogen) atoms. The van der Waals surface area contributed by atoms with Gasteiger partial charge in [-0.25, -0.2) is 0 Å². The van der Waals surface area contributed by atoms with Crippen molar-refractivity contribution in [1.82, 2.24) is 0 Å². The van der Waals surface area contributed by atoms with Gasteiger partial charge >= 0.3 is 0 Å². The predicted molar refractivity (Wildman–Crippen MR) is 59.7 cm³/mol. The number of hydrogen-bond donors (Lipinski definition) is 0. The van der Waals surface area contributed by atoms with E-state index in [1.807, 2.05) is 0 Å². The molecule has 0 aromatic rings. The largest absolute Gasteiger partial charge is 0.418 e. The van der Waals surface area contributed by atoms with Gasteiger partial charge in [-0.15, -0.1) is 24.7 Å². The standard InChI is InChI=1S/C11H18OSi/c1-6-8-11(7-2)9-10-12-13(3,4)5/h1-2,11H,8-10H2,3-5H3. The molecule has 2 heteroatoms. The first-order valence-electron chi connectivity index (χ1n) is 4.53. The zero-order chi connectivity index (χ0) is 10.3. The highest BCUT2D eigenvalue weighted by atomic mass is 28.4. The molecule has 0 fully saturated rings. The maximum Gasteiger partial charge on any atom is 0.183 e. The van der Waals surface area contributed by atoms with E-state index in [0.29, 0.717) is 6.42 Å². The van der Waals surface area contributed by atoms with Crippen LogP contribution in [0.3, 0.4) is 0 Å². The van der Waals surface area contributed by atoms with Crippen molar-refractivity contribution >= 4 is 8.32 Å². The molecule has 0 radical (unpaired) electrons. The van der Waals surface area contributed by atoms with E-state index in [9.17, 15) is 0 Å². The summed E-state index contributed by atoms with van der Waals surface area (Å²) < 4.78 is 5.68. The SMILES string of the molecule is C#CCC(C#C)CCO[Si](C)(C)C. The van der Waals surface area contributed by atoms with Crippen LogP contribution in [0.4, 0.5) is 0 Å². The summed E-state index contributed by atoms with van der Waals surface area (Å²) in [5, 5.41) is 0. The molecular weight excluding hydrogens is 176 g/mol. The van der Waals surface area contributed by atoms with Crippen molar-refractivity contribution in [3.63, 3.8) is 0 Å². The first-order chi connectivity index (χ1) is 5.99. The lowest BCUT2D eigenvalue weighted by Crippen LogP contribution is -2.26. The van der Waals surface area contributed by atoms with Gasteiger partial charge in [0.1, 0.15) is 0 Å². The lowest BCUT2D eigenvalue weighted by Gasteiger charge is -2.18. The van der Waals surface area contributed by atoms with E-state index in [4.69, 9.17) is 17.3 Å². The minimum Gasteiger partial charge on any atom is -0.418 e. The van der Waals surface area contributed by atoms with E-state index < -0.39 is 8.32 Å². The van der Waals surface area contributed by atoms with E-state index in [1.165, 1.54) is 0 Å². The van der Waals surface area contributed by atoms with Gasteiger partial charge in [-0.3, -0.25) is 0 Å². The van der Waals surface area contributed by atoms with Crippen molar-refractivity contribution in [2.45, 2.75) is 32.5 Å². The Morgan fingerprint density at radius 3 is 2.31 bits per heavy atom. The summed E-state index contributed by atoms with van der Waals surface area (Å²) in [4.78, 5) is 0. The first-order valence-corrected chi connectivity index (χ1v) is 7.94. The fourth-order valence-corrected chi connectivity index (χ4v) is 1.62. The van der Waals surface area contributed by atoms with Gasteiger partial charge in [0.2, 0.25) is 0 Å². The molecule has 0 N–H and O–H groups in total. The van der Waals surface area contributed by atoms with Gasteiger partial charge in [0.25, 0.3) is 0 Å². The zero-order valence-electron chi connectivity index (χ0n) is 8.76. The third-order valence-corrected chi connectivity index (χ3v) is 2.67. The van der Waals surface area contributed by atoms with Crippen molar-refractivity contribution < 1.29 is 4.43 Å². The van der Waals surface area contributed by atoms with E-state index in [1.54, 1.807) is 0 Å². The minimum atomic E-state index is -1.38. The summed E-state index contributed by atoms with van der Waals surface area (Å²) in [6.45, 7) is 7.24. The maximum atomic E-state index is 5.68. The average molecular weight is 194 g/mol. The van der Waals surface area contributed by atoms with Crippen LogP contribution in [-0.4, -0.2) is 14.9 Å². The van der Waals surface area contributed by atoms with Gasteiger partial charge in [-0.1, -0.05) is 0 Å². The molecule has 0 aliphatic heterocycles. The molecule has 0 saturated carbocycles. The van der Waals surface area contributed by atoms with Crippen LogP contribution in [0.1, 0.15) is 12.8 Å². The molecule has 1 atom stereocenters. The molecule has 0 rings (SSSR count). The van der Waals surface area contributed by atoms with Crippen LogP contribution in [0.25, 0.3) is 0 Å². The molecule has 0 saturated heterocycles. The van der Waals surface area contributed by atoms with Crippen LogP contribution in [0.2, 0.25) is 19.6 Å². The second-order valence-corrected chi connectivity index (χ2v) is 8.53. The Labute approximate surface area is 83.0 Å². The molecule has 0 heterocycles. The Hall–Kier alpha value is -0.703. The highest BCUT2D eigenvalue weighted by molar-refractivity contribution is 6.69. The summed E-state index contributed by atoms with van der Waals surface area (Å²) in [6.07, 6.45) is 12.0. The van der Waals surface area contributed by atoms with E-state index >= 15 is 0 Å². The topological polar surface area (TPSA) is 9.23 Å². The molecule has 0 aliphatic carbocycles. The average Bonchev–Trinajstić information content (AvgIpc) is 2.01. The molecular formula is C11H18OSi. The van der Waals surface area contributed by atoms with E-state index in [0.717, 1.165) is 13.0 Å². The highest BCUT2D eigenvalue weighted by Gasteiger charge is 2.14. The van der Waals surface area contributed by atoms with Crippen LogP contribution >= 0.6 is 0 Å². The van der Waals surface area contributed by atoms with Crippen LogP contribution in [-0.2, 0) is 4.43 Å². The molecule has 0 aliphatic rings. The molecule has 0 amide bonds. The monoisotopic (exact) mass is 194 g/mol. The normalized spacial score (nSPS) is 13.0. The zero-order valence-corrected chi connectivity index (χ0v) is 9.76. The Morgan fingerprint density at radius 2 is 1.92 bits per heavy atom. The number of rotatable bonds is 5. The summed E-state index contributed by atoms with van der Waals surface area (Å²) in [6, 6.07) is 0. The van der Waals surface area contributed by atoms with E-state index in [-0.39, 0.29) is 5.92 Å². The van der Waals surface area contributed by atoms with Gasteiger partial charge in [-0.05, 0) is 26.1 Å². The molecule has 0 spiro atoms. The summed E-state index contributed by atoms with van der Waals surface area (Å²) >= 11 is 0. The lowest BCUT2D eigenvalue weighted by molar-refractivity contribution is 0.289. The maximum absolute atomic E-state index is 5.68. The van der Waals surface area contributed by atoms with Crippen LogP contribution in [0.5, 0.6) is 0 Å². The fraction of sp³-hybridized carbons (Fsp3) is 0.636. The van der Waals surface area contributed by atoms with Crippen LogP contribution in [0.15, 0.2) is 0 Å². The molecule has 1 unspecified atom stereocenters. The van der Waals surface area contributed by atoms with E-state index in [2.05, 4.69) is 31.5 Å². The lowest BCUT2D eigenvalue weighted by atomic mass is 10.0. The fourth-order valence-electron chi connectivity index (χ4n) is 0.894. The third-order valence-electron chi connectivity index (χ3n) is 1.60. The molecule has 0 bridgehead atoms. The van der Waals surface area contributed by atoms with Gasteiger partial charge in [-0.2, -0.15) is 0 Å². The molecule has 1 nitrogen and oxygen atoms in total. The van der Waals surface area contributed by atoms with Gasteiger partial charge < -0.3 is 4.43 Å². The van der Waals surface area contributed by atoms with Gasteiger partial charge in [0, 0.05) is 18.9 Å². The quantitative estimate of drug-likeness (QED) is 0.483. The van der Waals surface area contributed by atoms with Gasteiger partial charge in [0.15, 0.2) is 8.32 Å². The molecule has 0 aromatic carbocycles. The third kappa shape index (κ3) is 7.65. The van der Waals surface area contributed by atoms with Gasteiger partial charge in [0.05, 0.1) is 0 Å². The Kier molecular flexibility index (Phi) is 5.54. The predicted octanol–water partition coefficient (Wildman–Crippen LogP) is 2.50. The Balaban J connectivity index is 3.64. The highest BCUT2D eigenvalue weighted by Crippen LogP contribution is 2.09. The second-order valence-electron chi connectivity index (χ2n) is 4.02. The summed E-state index contributed by atoms with van der Waals surface area (Å²) in [5.41, 5.74) is 0. The summed E-state index contributed by atoms with van der Waals surface area (Å²) in [5.74, 6) is 5.44. The minimum absolute atomic E-state index is 0.182. The van der Waals surface area contributed by atoms with Crippen molar-refractivity contribution in [1.29, 1.82) is 0 Å². The molecule has 0 aromatic heterocycles. The first kappa shape index (κ1) is 12.3. The van der Waals surface area contributed by atoms with Crippen LogP contribution < -0.4 is 0 Å². The van der Waals surface area contributed by atoms with Crippen molar-refractivity contribution in [3.8, 4) is 24.7 Å². The Morgan fingerprint density at radius 1 is 1.31 bits per heavy atom. The number of terminal acetylenes is 2.